The smallest absolute Gasteiger partial charge is 0.349 e. The number of carboxylic acid groups (broad SMARTS) is 1. The molecule has 1 heterocycles. The van der Waals surface area contributed by atoms with Crippen LogP contribution in [0.2, 0.25) is 0 Å². The number of aryl methyl sites for hydroxylation is 2. The standard InChI is InChI=1S/C22H20O5/c1-13-11-19-17(15-9-5-6-10-16(15)22(25)27-19)12-18(13)26-20(21(23)24)14-7-3-2-4-8-14/h2-4,7-8,11-12,20H,5-6,9-10H2,1H3,(H,23,24). The van der Waals surface area contributed by atoms with E-state index in [0.29, 0.717) is 16.9 Å². The molecule has 0 saturated carbocycles. The largest absolute Gasteiger partial charge is 0.478 e. The molecule has 5 heteroatoms. The predicted molar refractivity (Wildman–Crippen MR) is 101 cm³/mol. The summed E-state index contributed by atoms with van der Waals surface area (Å²) in [5.74, 6) is -0.567. The van der Waals surface area contributed by atoms with Gasteiger partial charge in [-0.15, -0.1) is 0 Å². The van der Waals surface area contributed by atoms with E-state index in [0.717, 1.165) is 47.8 Å². The van der Waals surface area contributed by atoms with Crippen molar-refractivity contribution in [3.05, 3.63) is 75.1 Å². The highest BCUT2D eigenvalue weighted by molar-refractivity contribution is 5.84. The van der Waals surface area contributed by atoms with Crippen LogP contribution in [0.5, 0.6) is 5.75 Å². The van der Waals surface area contributed by atoms with E-state index in [-0.39, 0.29) is 5.63 Å². The number of hydrogen-bond acceptors (Lipinski definition) is 4. The summed E-state index contributed by atoms with van der Waals surface area (Å²) in [5.41, 5.74) is 3.30. The van der Waals surface area contributed by atoms with Crippen LogP contribution in [0, 0.1) is 6.92 Å². The third-order valence-corrected chi connectivity index (χ3v) is 5.09. The number of carbonyl (C=O) groups is 1. The number of benzene rings is 2. The van der Waals surface area contributed by atoms with Crippen molar-refractivity contribution in [3.8, 4) is 5.75 Å². The van der Waals surface area contributed by atoms with E-state index in [2.05, 4.69) is 0 Å². The summed E-state index contributed by atoms with van der Waals surface area (Å²) in [6.45, 7) is 1.82. The van der Waals surface area contributed by atoms with Crippen LogP contribution < -0.4 is 10.4 Å². The first-order valence-electron chi connectivity index (χ1n) is 9.08. The highest BCUT2D eigenvalue weighted by atomic mass is 16.5. The zero-order chi connectivity index (χ0) is 19.0. The van der Waals surface area contributed by atoms with Crippen LogP contribution in [0.25, 0.3) is 11.0 Å². The van der Waals surface area contributed by atoms with Crippen LogP contribution in [-0.4, -0.2) is 11.1 Å². The van der Waals surface area contributed by atoms with Crippen molar-refractivity contribution in [2.24, 2.45) is 0 Å². The minimum absolute atomic E-state index is 0.266. The van der Waals surface area contributed by atoms with Crippen LogP contribution in [0.4, 0.5) is 0 Å². The minimum Gasteiger partial charge on any atom is -0.478 e. The lowest BCUT2D eigenvalue weighted by atomic mass is 9.90. The monoisotopic (exact) mass is 364 g/mol. The van der Waals surface area contributed by atoms with Gasteiger partial charge in [0, 0.05) is 16.5 Å². The van der Waals surface area contributed by atoms with Crippen molar-refractivity contribution in [2.45, 2.75) is 38.7 Å². The molecular weight excluding hydrogens is 344 g/mol. The van der Waals surface area contributed by atoms with Gasteiger partial charge in [-0.3, -0.25) is 0 Å². The van der Waals surface area contributed by atoms with Crippen molar-refractivity contribution >= 4 is 16.9 Å². The van der Waals surface area contributed by atoms with Gasteiger partial charge in [0.1, 0.15) is 11.3 Å². The average molecular weight is 364 g/mol. The van der Waals surface area contributed by atoms with Crippen LogP contribution in [0.3, 0.4) is 0 Å². The molecule has 1 unspecified atom stereocenters. The number of hydrogen-bond donors (Lipinski definition) is 1. The molecule has 2 aromatic carbocycles. The highest BCUT2D eigenvalue weighted by Gasteiger charge is 2.24. The summed E-state index contributed by atoms with van der Waals surface area (Å²) in [4.78, 5) is 24.0. The third-order valence-electron chi connectivity index (χ3n) is 5.09. The first-order chi connectivity index (χ1) is 13.0. The second kappa shape index (κ2) is 6.91. The first-order valence-corrected chi connectivity index (χ1v) is 9.08. The normalized spacial score (nSPS) is 14.6. The fraction of sp³-hybridized carbons (Fsp3) is 0.273. The summed E-state index contributed by atoms with van der Waals surface area (Å²) < 4.78 is 11.4. The Morgan fingerprint density at radius 3 is 2.52 bits per heavy atom. The lowest BCUT2D eigenvalue weighted by molar-refractivity contribution is -0.145. The van der Waals surface area contributed by atoms with E-state index in [1.807, 2.05) is 19.1 Å². The van der Waals surface area contributed by atoms with Crippen LogP contribution in [0.15, 0.2) is 51.7 Å². The SMILES string of the molecule is Cc1cc2oc(=O)c3c(c2cc1OC(C(=O)O)c1ccccc1)CCCC3. The highest BCUT2D eigenvalue weighted by Crippen LogP contribution is 2.33. The Balaban J connectivity index is 1.82. The summed E-state index contributed by atoms with van der Waals surface area (Å²) in [7, 11) is 0. The zero-order valence-corrected chi connectivity index (χ0v) is 15.0. The van der Waals surface area contributed by atoms with Gasteiger partial charge >= 0.3 is 11.6 Å². The fourth-order valence-corrected chi connectivity index (χ4v) is 3.71. The van der Waals surface area contributed by atoms with Crippen molar-refractivity contribution in [1.29, 1.82) is 0 Å². The lowest BCUT2D eigenvalue weighted by Gasteiger charge is -2.20. The third kappa shape index (κ3) is 3.21. The number of aliphatic carboxylic acids is 1. The lowest BCUT2D eigenvalue weighted by Crippen LogP contribution is -2.19. The van der Waals surface area contributed by atoms with Gasteiger partial charge in [-0.05, 0) is 55.9 Å². The van der Waals surface area contributed by atoms with E-state index in [4.69, 9.17) is 9.15 Å². The minimum atomic E-state index is -1.10. The molecule has 0 spiro atoms. The molecule has 1 aromatic heterocycles. The Hall–Kier alpha value is -3.08. The van der Waals surface area contributed by atoms with Gasteiger partial charge in [0.25, 0.3) is 0 Å². The van der Waals surface area contributed by atoms with Gasteiger partial charge in [0.05, 0.1) is 0 Å². The number of fused-ring (bicyclic) bond motifs is 3. The van der Waals surface area contributed by atoms with Crippen molar-refractivity contribution in [3.63, 3.8) is 0 Å². The maximum absolute atomic E-state index is 12.3. The average Bonchev–Trinajstić information content (AvgIpc) is 2.67. The van der Waals surface area contributed by atoms with Gasteiger partial charge < -0.3 is 14.3 Å². The van der Waals surface area contributed by atoms with Crippen molar-refractivity contribution in [2.75, 3.05) is 0 Å². The summed E-state index contributed by atoms with van der Waals surface area (Å²) in [5, 5.41) is 10.5. The molecule has 138 valence electrons. The summed E-state index contributed by atoms with van der Waals surface area (Å²) in [6, 6.07) is 12.4. The molecule has 0 saturated heterocycles. The molecule has 5 nitrogen and oxygen atoms in total. The number of ether oxygens (including phenoxy) is 1. The molecule has 1 atom stereocenters. The first kappa shape index (κ1) is 17.3. The second-order valence-electron chi connectivity index (χ2n) is 6.91. The molecule has 4 rings (SSSR count). The molecule has 3 aromatic rings. The van der Waals surface area contributed by atoms with Crippen LogP contribution in [-0.2, 0) is 17.6 Å². The van der Waals surface area contributed by atoms with Crippen LogP contribution >= 0.6 is 0 Å². The van der Waals surface area contributed by atoms with Crippen molar-refractivity contribution in [1.82, 2.24) is 0 Å². The number of carboxylic acids is 1. The van der Waals surface area contributed by atoms with Gasteiger partial charge in [-0.2, -0.15) is 0 Å². The molecule has 0 bridgehead atoms. The van der Waals surface area contributed by atoms with Gasteiger partial charge in [-0.25, -0.2) is 9.59 Å². The molecule has 0 amide bonds. The van der Waals surface area contributed by atoms with E-state index in [9.17, 15) is 14.7 Å². The molecule has 1 aliphatic rings. The Bertz CT molecular complexity index is 1070. The van der Waals surface area contributed by atoms with Gasteiger partial charge in [-0.1, -0.05) is 30.3 Å². The summed E-state index contributed by atoms with van der Waals surface area (Å²) >= 11 is 0. The van der Waals surface area contributed by atoms with Gasteiger partial charge in [0.2, 0.25) is 6.10 Å². The van der Waals surface area contributed by atoms with Crippen molar-refractivity contribution < 1.29 is 19.1 Å². The van der Waals surface area contributed by atoms with Crippen LogP contribution in [0.1, 0.15) is 41.2 Å². The topological polar surface area (TPSA) is 76.7 Å². The Morgan fingerprint density at radius 2 is 1.81 bits per heavy atom. The maximum Gasteiger partial charge on any atom is 0.349 e. The van der Waals surface area contributed by atoms with Gasteiger partial charge in [0.15, 0.2) is 0 Å². The molecule has 1 aliphatic carbocycles. The van der Waals surface area contributed by atoms with E-state index < -0.39 is 12.1 Å². The van der Waals surface area contributed by atoms with E-state index in [1.165, 1.54) is 0 Å². The quantitative estimate of drug-likeness (QED) is 0.703. The molecular formula is C22H20O5. The Labute approximate surface area is 156 Å². The Kier molecular flexibility index (Phi) is 4.44. The Morgan fingerprint density at radius 1 is 1.11 bits per heavy atom. The fourth-order valence-electron chi connectivity index (χ4n) is 3.71. The molecule has 27 heavy (non-hydrogen) atoms. The van der Waals surface area contributed by atoms with E-state index >= 15 is 0 Å². The van der Waals surface area contributed by atoms with E-state index in [1.54, 1.807) is 30.3 Å². The summed E-state index contributed by atoms with van der Waals surface area (Å²) in [6.07, 6.45) is 2.44. The number of rotatable bonds is 4. The zero-order valence-electron chi connectivity index (χ0n) is 15.0. The molecule has 0 fully saturated rings. The predicted octanol–water partition coefficient (Wildman–Crippen LogP) is 4.18. The molecule has 0 radical (unpaired) electrons. The second-order valence-corrected chi connectivity index (χ2v) is 6.91. The molecule has 0 aliphatic heterocycles. The maximum atomic E-state index is 12.3. The molecule has 1 N–H and O–H groups in total.